The molecule has 1 aliphatic carbocycles. The number of furan rings is 1. The summed E-state index contributed by atoms with van der Waals surface area (Å²) in [5.41, 5.74) is 15.4. The van der Waals surface area contributed by atoms with Crippen LogP contribution in [0.1, 0.15) is 80.5 Å². The summed E-state index contributed by atoms with van der Waals surface area (Å²) >= 11 is 0. The summed E-state index contributed by atoms with van der Waals surface area (Å²) in [6.45, 7) is 15.8. The monoisotopic (exact) mass is 702 g/mol. The van der Waals surface area contributed by atoms with Crippen molar-refractivity contribution in [2.75, 3.05) is 4.90 Å². The second-order valence-electron chi connectivity index (χ2n) is 16.9. The molecule has 2 aromatic heterocycles. The van der Waals surface area contributed by atoms with Crippen LogP contribution in [0, 0.1) is 6.92 Å². The fourth-order valence-corrected chi connectivity index (χ4v) is 8.72. The number of rotatable bonds is 5. The van der Waals surface area contributed by atoms with Crippen LogP contribution in [0.2, 0.25) is 0 Å². The molecule has 0 saturated heterocycles. The average molecular weight is 703 g/mol. The van der Waals surface area contributed by atoms with Crippen molar-refractivity contribution >= 4 is 39.1 Å². The SMILES string of the molecule is Cc1cc2c(c3oc4ncccc4c13)-c1ccc(N(c3ccc(C(C)(C)C)cc3)c3ccc(C(C)(C)C)cc3)cc1C2(c1ccccc1)c1ccccc1. The van der Waals surface area contributed by atoms with Gasteiger partial charge in [0, 0.05) is 39.6 Å². The Hall–Kier alpha value is -5.93. The van der Waals surface area contributed by atoms with Crippen LogP contribution in [0.15, 0.2) is 156 Å². The predicted octanol–water partition coefficient (Wildman–Crippen LogP) is 13.7. The molecule has 8 aromatic rings. The minimum Gasteiger partial charge on any atom is -0.437 e. The Kier molecular flexibility index (Phi) is 7.73. The van der Waals surface area contributed by atoms with Crippen LogP contribution >= 0.6 is 0 Å². The average Bonchev–Trinajstić information content (AvgIpc) is 3.70. The maximum atomic E-state index is 6.77. The van der Waals surface area contributed by atoms with Gasteiger partial charge in [0.2, 0.25) is 5.71 Å². The largest absolute Gasteiger partial charge is 0.437 e. The Balaban J connectivity index is 1.36. The lowest BCUT2D eigenvalue weighted by Gasteiger charge is -2.35. The van der Waals surface area contributed by atoms with Crippen molar-refractivity contribution < 1.29 is 4.42 Å². The van der Waals surface area contributed by atoms with Crippen LogP contribution in [0.4, 0.5) is 17.1 Å². The van der Waals surface area contributed by atoms with Crippen molar-refractivity contribution in [1.29, 1.82) is 0 Å². The highest BCUT2D eigenvalue weighted by Crippen LogP contribution is 2.60. The van der Waals surface area contributed by atoms with Crippen LogP contribution in [-0.2, 0) is 16.2 Å². The first-order valence-electron chi connectivity index (χ1n) is 19.0. The Morgan fingerprint density at radius 3 is 1.63 bits per heavy atom. The molecule has 0 bridgehead atoms. The molecule has 9 rings (SSSR count). The van der Waals surface area contributed by atoms with E-state index in [0.29, 0.717) is 5.71 Å². The number of fused-ring (bicyclic) bond motifs is 7. The molecular formula is C51H46N2O. The van der Waals surface area contributed by atoms with Gasteiger partial charge in [-0.05, 0) is 111 Å². The van der Waals surface area contributed by atoms with Gasteiger partial charge in [0.1, 0.15) is 5.58 Å². The summed E-state index contributed by atoms with van der Waals surface area (Å²) in [4.78, 5) is 7.08. The normalized spacial score (nSPS) is 13.6. The van der Waals surface area contributed by atoms with E-state index in [1.165, 1.54) is 44.5 Å². The third kappa shape index (κ3) is 5.21. The van der Waals surface area contributed by atoms with Gasteiger partial charge in [-0.3, -0.25) is 0 Å². The van der Waals surface area contributed by atoms with Crippen molar-refractivity contribution in [2.45, 2.75) is 64.7 Å². The Morgan fingerprint density at radius 1 is 0.556 bits per heavy atom. The molecule has 0 N–H and O–H groups in total. The third-order valence-electron chi connectivity index (χ3n) is 11.5. The molecule has 0 fully saturated rings. The smallest absolute Gasteiger partial charge is 0.227 e. The zero-order chi connectivity index (χ0) is 37.4. The number of nitrogens with zero attached hydrogens (tertiary/aromatic N) is 2. The molecule has 54 heavy (non-hydrogen) atoms. The number of anilines is 3. The van der Waals surface area contributed by atoms with Crippen LogP contribution in [-0.4, -0.2) is 4.98 Å². The lowest BCUT2D eigenvalue weighted by Crippen LogP contribution is -2.29. The first-order valence-corrected chi connectivity index (χ1v) is 19.0. The molecule has 1 aliphatic rings. The van der Waals surface area contributed by atoms with Crippen LogP contribution in [0.5, 0.6) is 0 Å². The third-order valence-corrected chi connectivity index (χ3v) is 11.5. The zero-order valence-electron chi connectivity index (χ0n) is 32.2. The first kappa shape index (κ1) is 33.9. The number of hydrogen-bond donors (Lipinski definition) is 0. The first-order chi connectivity index (χ1) is 26.0. The van der Waals surface area contributed by atoms with Gasteiger partial charge in [0.15, 0.2) is 0 Å². The Morgan fingerprint density at radius 2 is 1.09 bits per heavy atom. The minimum absolute atomic E-state index is 0.0532. The summed E-state index contributed by atoms with van der Waals surface area (Å²) in [6.07, 6.45) is 1.81. The van der Waals surface area contributed by atoms with E-state index in [2.05, 4.69) is 198 Å². The maximum absolute atomic E-state index is 6.77. The highest BCUT2D eigenvalue weighted by Gasteiger charge is 2.48. The predicted molar refractivity (Wildman–Crippen MR) is 226 cm³/mol. The minimum atomic E-state index is -0.605. The topological polar surface area (TPSA) is 29.3 Å². The molecular weight excluding hydrogens is 657 g/mol. The standard InChI is InChI=1S/C51H46N2O/c1-33-31-44-46(47-45(33)42-19-14-30-52-48(42)54-47)41-29-28-40(32-43(41)51(44,36-15-10-8-11-16-36)37-17-12-9-13-18-37)53(38-24-20-34(21-25-38)49(2,3)4)39-26-22-35(23-27-39)50(5,6)7/h8-32H,1-7H3. The van der Waals surface area contributed by atoms with E-state index in [1.807, 2.05) is 12.3 Å². The van der Waals surface area contributed by atoms with Gasteiger partial charge in [0.25, 0.3) is 0 Å². The zero-order valence-corrected chi connectivity index (χ0v) is 32.2. The van der Waals surface area contributed by atoms with Crippen LogP contribution in [0.25, 0.3) is 33.2 Å². The summed E-state index contributed by atoms with van der Waals surface area (Å²) in [5, 5.41) is 2.18. The second kappa shape index (κ2) is 12.3. The van der Waals surface area contributed by atoms with Gasteiger partial charge in [-0.1, -0.05) is 139 Å². The summed E-state index contributed by atoms with van der Waals surface area (Å²) in [6, 6.07) is 53.8. The van der Waals surface area contributed by atoms with E-state index in [9.17, 15) is 0 Å². The van der Waals surface area contributed by atoms with Gasteiger partial charge in [0.05, 0.1) is 5.41 Å². The van der Waals surface area contributed by atoms with E-state index < -0.39 is 5.41 Å². The summed E-state index contributed by atoms with van der Waals surface area (Å²) < 4.78 is 6.77. The Labute approximate surface area is 318 Å². The van der Waals surface area contributed by atoms with E-state index in [1.54, 1.807) is 0 Å². The van der Waals surface area contributed by atoms with Crippen molar-refractivity contribution in [3.63, 3.8) is 0 Å². The van der Waals surface area contributed by atoms with Crippen molar-refractivity contribution in [3.8, 4) is 11.1 Å². The lowest BCUT2D eigenvalue weighted by atomic mass is 9.67. The molecule has 2 heterocycles. The molecule has 0 unspecified atom stereocenters. The van der Waals surface area contributed by atoms with Crippen LogP contribution in [0.3, 0.4) is 0 Å². The fraction of sp³-hybridized carbons (Fsp3) is 0.196. The molecule has 0 amide bonds. The van der Waals surface area contributed by atoms with Gasteiger partial charge in [-0.25, -0.2) is 4.98 Å². The Bertz CT molecular complexity index is 2560. The maximum Gasteiger partial charge on any atom is 0.227 e. The summed E-state index contributed by atoms with van der Waals surface area (Å²) in [5.74, 6) is 0. The second-order valence-corrected chi connectivity index (χ2v) is 16.9. The number of aryl methyl sites for hydroxylation is 1. The van der Waals surface area contributed by atoms with E-state index in [4.69, 9.17) is 4.42 Å². The van der Waals surface area contributed by atoms with Crippen molar-refractivity contribution in [2.24, 2.45) is 0 Å². The van der Waals surface area contributed by atoms with Gasteiger partial charge in [-0.15, -0.1) is 0 Å². The summed E-state index contributed by atoms with van der Waals surface area (Å²) in [7, 11) is 0. The van der Waals surface area contributed by atoms with Gasteiger partial charge < -0.3 is 9.32 Å². The van der Waals surface area contributed by atoms with Crippen molar-refractivity contribution in [3.05, 3.63) is 191 Å². The van der Waals surface area contributed by atoms with Gasteiger partial charge in [-0.2, -0.15) is 0 Å². The van der Waals surface area contributed by atoms with E-state index in [0.717, 1.165) is 39.0 Å². The molecule has 3 heteroatoms. The molecule has 0 atom stereocenters. The number of hydrogen-bond acceptors (Lipinski definition) is 3. The van der Waals surface area contributed by atoms with Crippen LogP contribution < -0.4 is 4.90 Å². The molecule has 266 valence electrons. The lowest BCUT2D eigenvalue weighted by molar-refractivity contribution is 0.590. The van der Waals surface area contributed by atoms with Gasteiger partial charge >= 0.3 is 0 Å². The molecule has 3 nitrogen and oxygen atoms in total. The number of aromatic nitrogens is 1. The van der Waals surface area contributed by atoms with E-state index >= 15 is 0 Å². The molecule has 0 radical (unpaired) electrons. The number of pyridine rings is 1. The molecule has 6 aromatic carbocycles. The number of benzene rings is 6. The van der Waals surface area contributed by atoms with Crippen molar-refractivity contribution in [1.82, 2.24) is 4.98 Å². The van der Waals surface area contributed by atoms with E-state index in [-0.39, 0.29) is 10.8 Å². The quantitative estimate of drug-likeness (QED) is 0.179. The highest BCUT2D eigenvalue weighted by molar-refractivity contribution is 6.13. The molecule has 0 saturated carbocycles. The fourth-order valence-electron chi connectivity index (χ4n) is 8.72. The molecule has 0 spiro atoms. The highest BCUT2D eigenvalue weighted by atomic mass is 16.3. The molecule has 0 aliphatic heterocycles.